The molecule has 2 aliphatic rings. The zero-order chi connectivity index (χ0) is 17.2. The zero-order valence-corrected chi connectivity index (χ0v) is 15.0. The molecule has 1 aliphatic carbocycles. The van der Waals surface area contributed by atoms with E-state index >= 15 is 0 Å². The number of benzene rings is 1. The first-order valence-corrected chi connectivity index (χ1v) is 9.99. The number of allylic oxidation sites excluding steroid dienone is 2. The first kappa shape index (κ1) is 17.5. The van der Waals surface area contributed by atoms with Crippen molar-refractivity contribution < 1.29 is 13.2 Å². The number of hydrogen-bond donors (Lipinski definition) is 0. The molecule has 1 saturated heterocycles. The third-order valence-corrected chi connectivity index (χ3v) is 6.76. The van der Waals surface area contributed by atoms with Crippen LogP contribution in [0.5, 0.6) is 0 Å². The van der Waals surface area contributed by atoms with Crippen LogP contribution in [0.4, 0.5) is 0 Å². The van der Waals surface area contributed by atoms with Crippen LogP contribution in [0.2, 0.25) is 5.02 Å². The van der Waals surface area contributed by atoms with Crippen molar-refractivity contribution in [2.45, 2.75) is 24.2 Å². The largest absolute Gasteiger partial charge is 0.340 e. The second-order valence-electron chi connectivity index (χ2n) is 6.21. The van der Waals surface area contributed by atoms with Gasteiger partial charge in [-0.1, -0.05) is 23.8 Å². The van der Waals surface area contributed by atoms with Crippen LogP contribution < -0.4 is 0 Å². The number of nitrogens with zero attached hydrogens (tertiary/aromatic N) is 2. The molecule has 1 heterocycles. The highest BCUT2D eigenvalue weighted by molar-refractivity contribution is 7.89. The lowest BCUT2D eigenvalue weighted by Gasteiger charge is -2.34. The van der Waals surface area contributed by atoms with E-state index in [-0.39, 0.29) is 10.8 Å². The number of rotatable bonds is 4. The van der Waals surface area contributed by atoms with Crippen LogP contribution in [0.3, 0.4) is 0 Å². The molecule has 1 aromatic carbocycles. The molecule has 3 rings (SSSR count). The van der Waals surface area contributed by atoms with Gasteiger partial charge in [-0.2, -0.15) is 4.31 Å². The lowest BCUT2D eigenvalue weighted by atomic mass is 10.0. The minimum absolute atomic E-state index is 0.120. The number of amides is 1. The molecular weight excluding hydrogens is 348 g/mol. The summed E-state index contributed by atoms with van der Waals surface area (Å²) in [6, 6.07) is 6.18. The van der Waals surface area contributed by atoms with Crippen molar-refractivity contribution in [1.82, 2.24) is 9.21 Å². The number of hydrogen-bond acceptors (Lipinski definition) is 3. The van der Waals surface area contributed by atoms with Gasteiger partial charge in [0.1, 0.15) is 0 Å². The SMILES string of the molecule is O=C(CC1C=CCC1)N1CCN(S(=O)(=O)c2ccc(Cl)cc2)CC1. The molecule has 1 aliphatic heterocycles. The van der Waals surface area contributed by atoms with E-state index < -0.39 is 10.0 Å². The Kier molecular flexibility index (Phi) is 5.27. The monoisotopic (exact) mass is 368 g/mol. The average molecular weight is 369 g/mol. The number of sulfonamides is 1. The zero-order valence-electron chi connectivity index (χ0n) is 13.4. The minimum atomic E-state index is -3.52. The summed E-state index contributed by atoms with van der Waals surface area (Å²) in [6.45, 7) is 1.55. The molecule has 1 amide bonds. The van der Waals surface area contributed by atoms with Crippen molar-refractivity contribution in [1.29, 1.82) is 0 Å². The molecule has 24 heavy (non-hydrogen) atoms. The van der Waals surface area contributed by atoms with Gasteiger partial charge in [-0.15, -0.1) is 0 Å². The normalized spacial score (nSPS) is 22.0. The number of piperazine rings is 1. The number of halogens is 1. The number of carbonyl (C=O) groups excluding carboxylic acids is 1. The van der Waals surface area contributed by atoms with Gasteiger partial charge in [0.25, 0.3) is 0 Å². The summed E-state index contributed by atoms with van der Waals surface area (Å²) in [7, 11) is -3.52. The van der Waals surface area contributed by atoms with E-state index in [0.29, 0.717) is 43.5 Å². The Morgan fingerprint density at radius 1 is 1.12 bits per heavy atom. The lowest BCUT2D eigenvalue weighted by Crippen LogP contribution is -2.50. The van der Waals surface area contributed by atoms with E-state index in [2.05, 4.69) is 12.2 Å². The summed E-state index contributed by atoms with van der Waals surface area (Å²) in [5, 5.41) is 0.505. The molecule has 5 nitrogen and oxygen atoms in total. The fourth-order valence-electron chi connectivity index (χ4n) is 3.15. The predicted molar refractivity (Wildman–Crippen MR) is 93.3 cm³/mol. The van der Waals surface area contributed by atoms with E-state index in [9.17, 15) is 13.2 Å². The van der Waals surface area contributed by atoms with Gasteiger partial charge in [-0.25, -0.2) is 8.42 Å². The molecule has 0 bridgehead atoms. The van der Waals surface area contributed by atoms with E-state index in [1.807, 2.05) is 0 Å². The second-order valence-corrected chi connectivity index (χ2v) is 8.58. The smallest absolute Gasteiger partial charge is 0.243 e. The topological polar surface area (TPSA) is 57.7 Å². The highest BCUT2D eigenvalue weighted by Gasteiger charge is 2.30. The molecule has 7 heteroatoms. The molecular formula is C17H21ClN2O3S. The first-order valence-electron chi connectivity index (χ1n) is 8.17. The van der Waals surface area contributed by atoms with Gasteiger partial charge in [0.2, 0.25) is 15.9 Å². The molecule has 1 atom stereocenters. The number of carbonyl (C=O) groups is 1. The molecule has 130 valence electrons. The van der Waals surface area contributed by atoms with Crippen LogP contribution in [-0.4, -0.2) is 49.7 Å². The Morgan fingerprint density at radius 3 is 2.38 bits per heavy atom. The average Bonchev–Trinajstić information content (AvgIpc) is 3.08. The predicted octanol–water partition coefficient (Wildman–Crippen LogP) is 2.53. The summed E-state index contributed by atoms with van der Waals surface area (Å²) in [5.41, 5.74) is 0. The molecule has 0 spiro atoms. The van der Waals surface area contributed by atoms with Gasteiger partial charge in [-0.3, -0.25) is 4.79 Å². The van der Waals surface area contributed by atoms with Crippen molar-refractivity contribution in [2.75, 3.05) is 26.2 Å². The summed E-state index contributed by atoms with van der Waals surface area (Å²) >= 11 is 5.81. The Bertz CT molecular complexity index is 723. The van der Waals surface area contributed by atoms with Gasteiger partial charge in [0.15, 0.2) is 0 Å². The fraction of sp³-hybridized carbons (Fsp3) is 0.471. The molecule has 1 aromatic rings. The van der Waals surface area contributed by atoms with Crippen molar-refractivity contribution in [3.05, 3.63) is 41.4 Å². The molecule has 1 fully saturated rings. The van der Waals surface area contributed by atoms with Crippen molar-refractivity contribution in [2.24, 2.45) is 5.92 Å². The Balaban J connectivity index is 1.58. The van der Waals surface area contributed by atoms with Crippen LogP contribution in [0.25, 0.3) is 0 Å². The summed E-state index contributed by atoms with van der Waals surface area (Å²) in [6.07, 6.45) is 6.84. The second kappa shape index (κ2) is 7.25. The Hall–Kier alpha value is -1.37. The standard InChI is InChI=1S/C17H21ClN2O3S/c18-15-5-7-16(8-6-15)24(22,23)20-11-9-19(10-12-20)17(21)13-14-3-1-2-4-14/h1,3,5-8,14H,2,4,9-13H2. The van der Waals surface area contributed by atoms with Gasteiger partial charge < -0.3 is 4.90 Å². The first-order chi connectivity index (χ1) is 11.5. The van der Waals surface area contributed by atoms with Gasteiger partial charge >= 0.3 is 0 Å². The fourth-order valence-corrected chi connectivity index (χ4v) is 4.70. The third kappa shape index (κ3) is 3.82. The summed E-state index contributed by atoms with van der Waals surface area (Å²) < 4.78 is 26.7. The van der Waals surface area contributed by atoms with Crippen LogP contribution >= 0.6 is 11.6 Å². The molecule has 0 aromatic heterocycles. The summed E-state index contributed by atoms with van der Waals surface area (Å²) in [5.74, 6) is 0.462. The molecule has 0 N–H and O–H groups in total. The van der Waals surface area contributed by atoms with Crippen molar-refractivity contribution >= 4 is 27.5 Å². The molecule has 0 radical (unpaired) electrons. The maximum Gasteiger partial charge on any atom is 0.243 e. The molecule has 0 saturated carbocycles. The van der Waals surface area contributed by atoms with Crippen molar-refractivity contribution in [3.8, 4) is 0 Å². The van der Waals surface area contributed by atoms with E-state index in [1.165, 1.54) is 16.4 Å². The van der Waals surface area contributed by atoms with Gasteiger partial charge in [-0.05, 0) is 43.0 Å². The Morgan fingerprint density at radius 2 is 1.79 bits per heavy atom. The maximum atomic E-state index is 12.6. The highest BCUT2D eigenvalue weighted by atomic mass is 35.5. The van der Waals surface area contributed by atoms with Crippen LogP contribution in [0, 0.1) is 5.92 Å². The third-order valence-electron chi connectivity index (χ3n) is 4.59. The van der Waals surface area contributed by atoms with E-state index in [0.717, 1.165) is 12.8 Å². The van der Waals surface area contributed by atoms with Crippen LogP contribution in [0.15, 0.2) is 41.3 Å². The maximum absolute atomic E-state index is 12.6. The minimum Gasteiger partial charge on any atom is -0.340 e. The lowest BCUT2D eigenvalue weighted by molar-refractivity contribution is -0.133. The van der Waals surface area contributed by atoms with Gasteiger partial charge in [0.05, 0.1) is 4.90 Å². The quantitative estimate of drug-likeness (QED) is 0.767. The van der Waals surface area contributed by atoms with Crippen LogP contribution in [0.1, 0.15) is 19.3 Å². The Labute approximate surface area is 147 Å². The molecule has 1 unspecified atom stereocenters. The summed E-state index contributed by atoms with van der Waals surface area (Å²) in [4.78, 5) is 14.3. The van der Waals surface area contributed by atoms with Crippen molar-refractivity contribution in [3.63, 3.8) is 0 Å². The van der Waals surface area contributed by atoms with Crippen LogP contribution in [-0.2, 0) is 14.8 Å². The van der Waals surface area contributed by atoms with E-state index in [4.69, 9.17) is 11.6 Å². The van der Waals surface area contributed by atoms with Gasteiger partial charge in [0, 0.05) is 37.6 Å². The highest BCUT2D eigenvalue weighted by Crippen LogP contribution is 2.23. The van der Waals surface area contributed by atoms with E-state index in [1.54, 1.807) is 17.0 Å².